The molecule has 2 nitrogen and oxygen atoms in total. The van der Waals surface area contributed by atoms with Gasteiger partial charge in [-0.25, -0.2) is 0 Å². The highest BCUT2D eigenvalue weighted by atomic mass is 35.5. The number of unbranched alkanes of at least 4 members (excludes halogenated alkanes) is 2. The van der Waals surface area contributed by atoms with E-state index in [9.17, 15) is 0 Å². The molecule has 0 bridgehead atoms. The summed E-state index contributed by atoms with van der Waals surface area (Å²) in [5, 5.41) is 0. The summed E-state index contributed by atoms with van der Waals surface area (Å²) < 4.78 is 0. The predicted octanol–water partition coefficient (Wildman–Crippen LogP) is 2.28. The van der Waals surface area contributed by atoms with Gasteiger partial charge in [0.25, 0.3) is 0 Å². The lowest BCUT2D eigenvalue weighted by atomic mass is 10.2. The first-order valence-corrected chi connectivity index (χ1v) is 6.09. The topological polar surface area (TPSA) is 6.48 Å². The van der Waals surface area contributed by atoms with Crippen molar-refractivity contribution in [2.75, 3.05) is 46.7 Å². The lowest BCUT2D eigenvalue weighted by molar-refractivity contribution is 0.295. The Kier molecular flexibility index (Phi) is 9.90. The Balaban J connectivity index is 3.15. The van der Waals surface area contributed by atoms with Crippen molar-refractivity contribution >= 4 is 11.6 Å². The van der Waals surface area contributed by atoms with Gasteiger partial charge in [-0.05, 0) is 60.0 Å². The molecule has 3 heteroatoms. The fourth-order valence-electron chi connectivity index (χ4n) is 1.42. The highest BCUT2D eigenvalue weighted by Gasteiger charge is 1.98. The van der Waals surface area contributed by atoms with Gasteiger partial charge in [-0.3, -0.25) is 0 Å². The summed E-state index contributed by atoms with van der Waals surface area (Å²) in [4.78, 5) is 4.65. The Morgan fingerprint density at radius 3 is 2.00 bits per heavy atom. The molecule has 86 valence electrons. The van der Waals surface area contributed by atoms with E-state index in [1.54, 1.807) is 0 Å². The monoisotopic (exact) mass is 220 g/mol. The Morgan fingerprint density at radius 2 is 1.43 bits per heavy atom. The Labute approximate surface area is 94.2 Å². The molecule has 0 aliphatic heterocycles. The van der Waals surface area contributed by atoms with E-state index in [-0.39, 0.29) is 0 Å². The highest BCUT2D eigenvalue weighted by molar-refractivity contribution is 6.17. The van der Waals surface area contributed by atoms with Gasteiger partial charge in [0.1, 0.15) is 0 Å². The van der Waals surface area contributed by atoms with Crippen molar-refractivity contribution in [1.29, 1.82) is 0 Å². The Morgan fingerprint density at radius 1 is 0.786 bits per heavy atom. The third-order valence-electron chi connectivity index (χ3n) is 2.32. The van der Waals surface area contributed by atoms with E-state index in [0.29, 0.717) is 0 Å². The maximum absolute atomic E-state index is 5.62. The van der Waals surface area contributed by atoms with Gasteiger partial charge in [0, 0.05) is 5.88 Å². The van der Waals surface area contributed by atoms with Crippen LogP contribution in [0, 0.1) is 0 Å². The van der Waals surface area contributed by atoms with Gasteiger partial charge in [-0.15, -0.1) is 11.6 Å². The average molecular weight is 221 g/mol. The van der Waals surface area contributed by atoms with Gasteiger partial charge >= 0.3 is 0 Å². The molecule has 14 heavy (non-hydrogen) atoms. The zero-order valence-electron chi connectivity index (χ0n) is 9.93. The van der Waals surface area contributed by atoms with Crippen LogP contribution in [0.1, 0.15) is 25.7 Å². The standard InChI is InChI=1S/C11H25ClN2/c1-13(2)9-7-11-14(3)10-6-4-5-8-12/h4-11H2,1-3H3. The summed E-state index contributed by atoms with van der Waals surface area (Å²) in [6, 6.07) is 0. The van der Waals surface area contributed by atoms with Crippen molar-refractivity contribution in [1.82, 2.24) is 9.80 Å². The van der Waals surface area contributed by atoms with Crippen molar-refractivity contribution in [2.24, 2.45) is 0 Å². The van der Waals surface area contributed by atoms with Crippen LogP contribution in [0.15, 0.2) is 0 Å². The van der Waals surface area contributed by atoms with Crippen molar-refractivity contribution in [2.45, 2.75) is 25.7 Å². The molecule has 0 aromatic heterocycles. The van der Waals surface area contributed by atoms with E-state index in [1.807, 2.05) is 0 Å². The van der Waals surface area contributed by atoms with Crippen molar-refractivity contribution in [3.05, 3.63) is 0 Å². The van der Waals surface area contributed by atoms with Gasteiger partial charge in [-0.1, -0.05) is 6.42 Å². The molecule has 0 aromatic carbocycles. The molecule has 0 saturated carbocycles. The number of hydrogen-bond acceptors (Lipinski definition) is 2. The van der Waals surface area contributed by atoms with Crippen molar-refractivity contribution in [3.63, 3.8) is 0 Å². The van der Waals surface area contributed by atoms with E-state index in [4.69, 9.17) is 11.6 Å². The molecular formula is C11H25ClN2. The van der Waals surface area contributed by atoms with Crippen LogP contribution in [0.4, 0.5) is 0 Å². The van der Waals surface area contributed by atoms with Crippen LogP contribution in [0.25, 0.3) is 0 Å². The molecular weight excluding hydrogens is 196 g/mol. The number of rotatable bonds is 9. The number of nitrogens with zero attached hydrogens (tertiary/aromatic N) is 2. The minimum absolute atomic E-state index is 0.810. The van der Waals surface area contributed by atoms with Crippen LogP contribution >= 0.6 is 11.6 Å². The van der Waals surface area contributed by atoms with E-state index < -0.39 is 0 Å². The Hall–Kier alpha value is 0.210. The molecule has 0 heterocycles. The maximum Gasteiger partial charge on any atom is 0.0223 e. The second kappa shape index (κ2) is 9.75. The lowest BCUT2D eigenvalue weighted by Gasteiger charge is -2.17. The average Bonchev–Trinajstić information content (AvgIpc) is 2.12. The molecule has 0 N–H and O–H groups in total. The number of halogens is 1. The normalized spacial score (nSPS) is 11.6. The minimum Gasteiger partial charge on any atom is -0.309 e. The first-order chi connectivity index (χ1) is 6.66. The molecule has 0 aromatic rings. The fourth-order valence-corrected chi connectivity index (χ4v) is 1.61. The van der Waals surface area contributed by atoms with E-state index in [1.165, 1.54) is 38.9 Å². The van der Waals surface area contributed by atoms with Crippen LogP contribution < -0.4 is 0 Å². The fraction of sp³-hybridized carbons (Fsp3) is 1.00. The van der Waals surface area contributed by atoms with Crippen LogP contribution in [0.5, 0.6) is 0 Å². The summed E-state index contributed by atoms with van der Waals surface area (Å²) in [5.41, 5.74) is 0. The van der Waals surface area contributed by atoms with Gasteiger partial charge in [0.2, 0.25) is 0 Å². The largest absolute Gasteiger partial charge is 0.309 e. The molecule has 0 amide bonds. The van der Waals surface area contributed by atoms with E-state index in [0.717, 1.165) is 12.3 Å². The van der Waals surface area contributed by atoms with Gasteiger partial charge in [0.05, 0.1) is 0 Å². The SMILES string of the molecule is CN(C)CCCN(C)CCCCCCl. The van der Waals surface area contributed by atoms with Crippen LogP contribution in [-0.2, 0) is 0 Å². The zero-order valence-corrected chi connectivity index (χ0v) is 10.7. The summed E-state index contributed by atoms with van der Waals surface area (Å²) in [6.45, 7) is 3.61. The molecule has 0 fully saturated rings. The summed E-state index contributed by atoms with van der Waals surface area (Å²) in [5.74, 6) is 0.810. The van der Waals surface area contributed by atoms with Crippen LogP contribution in [0.3, 0.4) is 0 Å². The summed E-state index contributed by atoms with van der Waals surface area (Å²) in [6.07, 6.45) is 4.97. The van der Waals surface area contributed by atoms with Crippen LogP contribution in [-0.4, -0.2) is 56.5 Å². The third-order valence-corrected chi connectivity index (χ3v) is 2.59. The third kappa shape index (κ3) is 10.3. The Bertz CT molecular complexity index is 118. The molecule has 0 rings (SSSR count). The number of alkyl halides is 1. The molecule has 0 radical (unpaired) electrons. The first-order valence-electron chi connectivity index (χ1n) is 5.56. The number of hydrogen-bond donors (Lipinski definition) is 0. The summed E-state index contributed by atoms with van der Waals surface area (Å²) in [7, 11) is 6.46. The predicted molar refractivity (Wildman–Crippen MR) is 65.2 cm³/mol. The highest BCUT2D eigenvalue weighted by Crippen LogP contribution is 1.99. The van der Waals surface area contributed by atoms with E-state index >= 15 is 0 Å². The minimum atomic E-state index is 0.810. The molecule has 0 spiro atoms. The summed E-state index contributed by atoms with van der Waals surface area (Å²) >= 11 is 5.62. The van der Waals surface area contributed by atoms with Crippen molar-refractivity contribution < 1.29 is 0 Å². The first kappa shape index (κ1) is 14.2. The second-order valence-corrected chi connectivity index (χ2v) is 4.59. The second-order valence-electron chi connectivity index (χ2n) is 4.21. The lowest BCUT2D eigenvalue weighted by Crippen LogP contribution is -2.24. The van der Waals surface area contributed by atoms with Gasteiger partial charge in [-0.2, -0.15) is 0 Å². The molecule has 0 atom stereocenters. The molecule has 0 unspecified atom stereocenters. The zero-order chi connectivity index (χ0) is 10.8. The molecule has 0 aliphatic carbocycles. The molecule has 0 aliphatic rings. The van der Waals surface area contributed by atoms with Crippen LogP contribution in [0.2, 0.25) is 0 Å². The van der Waals surface area contributed by atoms with Gasteiger partial charge < -0.3 is 9.80 Å². The van der Waals surface area contributed by atoms with E-state index in [2.05, 4.69) is 30.9 Å². The van der Waals surface area contributed by atoms with Gasteiger partial charge in [0.15, 0.2) is 0 Å². The quantitative estimate of drug-likeness (QED) is 0.435. The molecule has 0 saturated heterocycles. The maximum atomic E-state index is 5.62. The van der Waals surface area contributed by atoms with Crippen molar-refractivity contribution in [3.8, 4) is 0 Å². The smallest absolute Gasteiger partial charge is 0.0223 e.